The number of H-pyrrole nitrogens is 1. The number of carbonyl (C=O) groups is 1. The van der Waals surface area contributed by atoms with Crippen LogP contribution in [0.2, 0.25) is 0 Å². The lowest BCUT2D eigenvalue weighted by Crippen LogP contribution is -2.33. The highest BCUT2D eigenvalue weighted by molar-refractivity contribution is 8.00. The molecule has 0 aliphatic rings. The highest BCUT2D eigenvalue weighted by atomic mass is 32.2. The van der Waals surface area contributed by atoms with Crippen LogP contribution in [0.25, 0.3) is 0 Å². The van der Waals surface area contributed by atoms with Crippen molar-refractivity contribution < 1.29 is 4.79 Å². The average molecular weight is 352 g/mol. The number of hydrogen-bond donors (Lipinski definition) is 1. The van der Waals surface area contributed by atoms with E-state index in [1.54, 1.807) is 19.1 Å². The third-order valence-corrected chi connectivity index (χ3v) is 4.46. The molecule has 1 heterocycles. The molecule has 0 unspecified atom stereocenters. The number of aryl methyl sites for hydroxylation is 1. The summed E-state index contributed by atoms with van der Waals surface area (Å²) in [5, 5.41) is 18.4. The first-order valence-electron chi connectivity index (χ1n) is 7.56. The van der Waals surface area contributed by atoms with Crippen LogP contribution in [0.1, 0.15) is 17.5 Å². The maximum Gasteiger partial charge on any atom is 0.249 e. The molecule has 1 aromatic heterocycles. The molecule has 1 N–H and O–H groups in total. The molecule has 6 nitrogen and oxygen atoms in total. The van der Waals surface area contributed by atoms with E-state index in [0.29, 0.717) is 21.8 Å². The molecule has 0 saturated heterocycles. The minimum atomic E-state index is -0.309. The molecular weight excluding hydrogens is 336 g/mol. The summed E-state index contributed by atoms with van der Waals surface area (Å²) in [7, 11) is 0. The van der Waals surface area contributed by atoms with Gasteiger partial charge in [0.15, 0.2) is 0 Å². The Kier molecular flexibility index (Phi) is 6.39. The number of benzene rings is 1. The standard InChI is InChI=1S/C18H16N4O2S/c1-13-10-16(23)21-18(15(13)11-20)25-12-17(24)22(9-5-8-19)14-6-3-2-4-7-14/h2-4,6-7,10H,5,9,12H2,1H3,(H,21,23). The number of hydrogen-bond acceptors (Lipinski definition) is 5. The minimum Gasteiger partial charge on any atom is -0.316 e. The average Bonchev–Trinajstić information content (AvgIpc) is 2.60. The number of thioether (sulfide) groups is 1. The van der Waals surface area contributed by atoms with E-state index in [2.05, 4.69) is 11.1 Å². The van der Waals surface area contributed by atoms with Gasteiger partial charge in [0.25, 0.3) is 0 Å². The van der Waals surface area contributed by atoms with Crippen LogP contribution in [-0.4, -0.2) is 23.2 Å². The number of nitrogens with one attached hydrogen (secondary N) is 1. The lowest BCUT2D eigenvalue weighted by molar-refractivity contribution is -0.116. The van der Waals surface area contributed by atoms with Gasteiger partial charge < -0.3 is 9.88 Å². The molecule has 0 aliphatic carbocycles. The Morgan fingerprint density at radius 2 is 2.00 bits per heavy atom. The number of pyridine rings is 1. The zero-order chi connectivity index (χ0) is 18.2. The predicted octanol–water partition coefficient (Wildman–Crippen LogP) is 2.59. The number of aromatic nitrogens is 1. The van der Waals surface area contributed by atoms with Gasteiger partial charge in [0, 0.05) is 18.3 Å². The van der Waals surface area contributed by atoms with Crippen molar-refractivity contribution in [3.8, 4) is 12.1 Å². The number of carbonyl (C=O) groups excluding carboxylic acids is 1. The van der Waals surface area contributed by atoms with Gasteiger partial charge in [-0.15, -0.1) is 0 Å². The molecule has 1 amide bonds. The van der Waals surface area contributed by atoms with Crippen LogP contribution in [0, 0.1) is 29.6 Å². The van der Waals surface area contributed by atoms with E-state index < -0.39 is 0 Å². The van der Waals surface area contributed by atoms with Gasteiger partial charge in [-0.3, -0.25) is 9.59 Å². The largest absolute Gasteiger partial charge is 0.316 e. The topological polar surface area (TPSA) is 101 Å². The Labute approximate surface area is 149 Å². The third-order valence-electron chi connectivity index (χ3n) is 3.47. The molecule has 0 fully saturated rings. The maximum atomic E-state index is 12.6. The number of para-hydroxylation sites is 1. The Bertz CT molecular complexity index is 894. The van der Waals surface area contributed by atoms with Crippen LogP contribution in [0.15, 0.2) is 46.2 Å². The molecule has 0 radical (unpaired) electrons. The summed E-state index contributed by atoms with van der Waals surface area (Å²) in [6, 6.07) is 14.5. The normalized spacial score (nSPS) is 9.88. The molecule has 2 rings (SSSR count). The summed E-state index contributed by atoms with van der Waals surface area (Å²) in [6.45, 7) is 1.97. The van der Waals surface area contributed by atoms with E-state index >= 15 is 0 Å². The van der Waals surface area contributed by atoms with Crippen LogP contribution in [0.5, 0.6) is 0 Å². The Hall–Kier alpha value is -3.03. The molecule has 0 saturated carbocycles. The first-order chi connectivity index (χ1) is 12.1. The van der Waals surface area contributed by atoms with Crippen LogP contribution in [0.4, 0.5) is 5.69 Å². The predicted molar refractivity (Wildman–Crippen MR) is 96.3 cm³/mol. The van der Waals surface area contributed by atoms with Crippen molar-refractivity contribution in [1.29, 1.82) is 10.5 Å². The van der Waals surface area contributed by atoms with Crippen molar-refractivity contribution in [2.45, 2.75) is 18.4 Å². The highest BCUT2D eigenvalue weighted by Crippen LogP contribution is 2.23. The number of nitriles is 2. The van der Waals surface area contributed by atoms with Gasteiger partial charge in [-0.25, -0.2) is 0 Å². The molecule has 0 atom stereocenters. The highest BCUT2D eigenvalue weighted by Gasteiger charge is 2.17. The number of amides is 1. The Balaban J connectivity index is 2.19. The maximum absolute atomic E-state index is 12.6. The van der Waals surface area contributed by atoms with E-state index in [-0.39, 0.29) is 30.2 Å². The summed E-state index contributed by atoms with van der Waals surface area (Å²) in [6.07, 6.45) is 0.218. The van der Waals surface area contributed by atoms with E-state index in [1.165, 1.54) is 11.0 Å². The smallest absolute Gasteiger partial charge is 0.249 e. The van der Waals surface area contributed by atoms with Crippen LogP contribution < -0.4 is 10.5 Å². The van der Waals surface area contributed by atoms with Gasteiger partial charge in [-0.05, 0) is 24.6 Å². The van der Waals surface area contributed by atoms with E-state index in [4.69, 9.17) is 5.26 Å². The van der Waals surface area contributed by atoms with Gasteiger partial charge in [0.2, 0.25) is 11.5 Å². The van der Waals surface area contributed by atoms with Gasteiger partial charge in [-0.1, -0.05) is 30.0 Å². The molecule has 1 aromatic carbocycles. The van der Waals surface area contributed by atoms with E-state index in [9.17, 15) is 14.9 Å². The number of nitrogens with zero attached hydrogens (tertiary/aromatic N) is 3. The van der Waals surface area contributed by atoms with Crippen molar-refractivity contribution >= 4 is 23.4 Å². The first kappa shape index (κ1) is 18.3. The monoisotopic (exact) mass is 352 g/mol. The fourth-order valence-electron chi connectivity index (χ4n) is 2.28. The second-order valence-electron chi connectivity index (χ2n) is 5.21. The van der Waals surface area contributed by atoms with Crippen LogP contribution in [-0.2, 0) is 4.79 Å². The molecule has 7 heteroatoms. The van der Waals surface area contributed by atoms with Crippen molar-refractivity contribution in [2.75, 3.05) is 17.2 Å². The van der Waals surface area contributed by atoms with Crippen LogP contribution >= 0.6 is 11.8 Å². The van der Waals surface area contributed by atoms with Gasteiger partial charge >= 0.3 is 0 Å². The van der Waals surface area contributed by atoms with Crippen molar-refractivity contribution in [3.63, 3.8) is 0 Å². The Morgan fingerprint density at radius 3 is 2.64 bits per heavy atom. The van der Waals surface area contributed by atoms with Gasteiger partial charge in [0.1, 0.15) is 6.07 Å². The molecular formula is C18H16N4O2S. The molecule has 2 aromatic rings. The third kappa shape index (κ3) is 4.72. The van der Waals surface area contributed by atoms with Crippen molar-refractivity contribution in [1.82, 2.24) is 4.98 Å². The second-order valence-corrected chi connectivity index (χ2v) is 6.20. The first-order valence-corrected chi connectivity index (χ1v) is 8.54. The molecule has 0 spiro atoms. The summed E-state index contributed by atoms with van der Waals surface area (Å²) in [5.74, 6) is -0.147. The van der Waals surface area contributed by atoms with Gasteiger partial charge in [-0.2, -0.15) is 10.5 Å². The fourth-order valence-corrected chi connectivity index (χ4v) is 3.23. The minimum absolute atomic E-state index is 0.0500. The fraction of sp³-hybridized carbons (Fsp3) is 0.222. The Morgan fingerprint density at radius 1 is 1.28 bits per heavy atom. The lowest BCUT2D eigenvalue weighted by atomic mass is 10.2. The van der Waals surface area contributed by atoms with E-state index in [0.717, 1.165) is 11.8 Å². The van der Waals surface area contributed by atoms with Crippen molar-refractivity contribution in [3.05, 3.63) is 57.9 Å². The zero-order valence-electron chi connectivity index (χ0n) is 13.7. The quantitative estimate of drug-likeness (QED) is 0.805. The lowest BCUT2D eigenvalue weighted by Gasteiger charge is -2.21. The summed E-state index contributed by atoms with van der Waals surface area (Å²) in [4.78, 5) is 28.4. The summed E-state index contributed by atoms with van der Waals surface area (Å²) >= 11 is 1.11. The summed E-state index contributed by atoms with van der Waals surface area (Å²) in [5.41, 5.74) is 1.34. The van der Waals surface area contributed by atoms with Crippen LogP contribution in [0.3, 0.4) is 0 Å². The van der Waals surface area contributed by atoms with E-state index in [1.807, 2.05) is 24.3 Å². The number of anilines is 1. The molecule has 0 bridgehead atoms. The molecule has 126 valence electrons. The number of aromatic amines is 1. The molecule has 25 heavy (non-hydrogen) atoms. The number of rotatable bonds is 6. The second kappa shape index (κ2) is 8.72. The van der Waals surface area contributed by atoms with Gasteiger partial charge in [0.05, 0.1) is 28.8 Å². The SMILES string of the molecule is Cc1cc(=O)[nH]c(SCC(=O)N(CCC#N)c2ccccc2)c1C#N. The summed E-state index contributed by atoms with van der Waals surface area (Å²) < 4.78 is 0. The molecule has 0 aliphatic heterocycles. The zero-order valence-corrected chi connectivity index (χ0v) is 14.5. The van der Waals surface area contributed by atoms with Crippen molar-refractivity contribution in [2.24, 2.45) is 0 Å².